The van der Waals surface area contributed by atoms with E-state index in [-0.39, 0.29) is 24.3 Å². The summed E-state index contributed by atoms with van der Waals surface area (Å²) in [7, 11) is 0. The third-order valence-electron chi connectivity index (χ3n) is 4.11. The van der Waals surface area contributed by atoms with Gasteiger partial charge in [0.2, 0.25) is 5.91 Å². The molecule has 0 radical (unpaired) electrons. The molecule has 0 bridgehead atoms. The third-order valence-corrected chi connectivity index (χ3v) is 4.11. The van der Waals surface area contributed by atoms with E-state index in [1.807, 2.05) is 56.3 Å². The fourth-order valence-electron chi connectivity index (χ4n) is 2.82. The lowest BCUT2D eigenvalue weighted by Gasteiger charge is -2.22. The Balaban J connectivity index is 1.81. The van der Waals surface area contributed by atoms with Crippen molar-refractivity contribution in [3.63, 3.8) is 0 Å². The first-order chi connectivity index (χ1) is 10.6. The van der Waals surface area contributed by atoms with E-state index in [1.54, 1.807) is 0 Å². The number of imide groups is 1. The number of amides is 2. The Morgan fingerprint density at radius 2 is 1.95 bits per heavy atom. The molecule has 1 aliphatic rings. The number of carbonyl (C=O) groups excluding carboxylic acids is 2. The van der Waals surface area contributed by atoms with Gasteiger partial charge >= 0.3 is 6.09 Å². The van der Waals surface area contributed by atoms with E-state index in [2.05, 4.69) is 0 Å². The van der Waals surface area contributed by atoms with Gasteiger partial charge in [0.1, 0.15) is 6.61 Å². The molecule has 4 heteroatoms. The Morgan fingerprint density at radius 1 is 1.23 bits per heavy atom. The fourth-order valence-corrected chi connectivity index (χ4v) is 2.82. The zero-order chi connectivity index (χ0) is 15.7. The molecular weight excluding hydrogens is 278 g/mol. The normalized spacial score (nSPS) is 18.0. The number of fused-ring (bicyclic) bond motifs is 1. The van der Waals surface area contributed by atoms with Crippen molar-refractivity contribution >= 4 is 22.8 Å². The Labute approximate surface area is 129 Å². The topological polar surface area (TPSA) is 46.6 Å². The van der Waals surface area contributed by atoms with Crippen LogP contribution in [0.3, 0.4) is 0 Å². The van der Waals surface area contributed by atoms with Gasteiger partial charge in [0.25, 0.3) is 0 Å². The number of cyclic esters (lactones) is 1. The molecule has 0 N–H and O–H groups in total. The molecule has 3 rings (SSSR count). The van der Waals surface area contributed by atoms with Gasteiger partial charge in [-0.1, -0.05) is 56.3 Å². The van der Waals surface area contributed by atoms with E-state index < -0.39 is 6.09 Å². The van der Waals surface area contributed by atoms with Gasteiger partial charge in [-0.15, -0.1) is 0 Å². The summed E-state index contributed by atoms with van der Waals surface area (Å²) >= 11 is 0. The largest absolute Gasteiger partial charge is 0.447 e. The highest BCUT2D eigenvalue weighted by atomic mass is 16.6. The third kappa shape index (κ3) is 2.69. The molecule has 0 saturated carbocycles. The Bertz CT molecular complexity index is 723. The molecular formula is C18H19NO3. The van der Waals surface area contributed by atoms with Crippen LogP contribution in [-0.4, -0.2) is 29.5 Å². The molecule has 2 aromatic carbocycles. The molecule has 22 heavy (non-hydrogen) atoms. The molecule has 4 nitrogen and oxygen atoms in total. The van der Waals surface area contributed by atoms with Crippen LogP contribution in [-0.2, 0) is 16.0 Å². The lowest BCUT2D eigenvalue weighted by atomic mass is 10.0. The van der Waals surface area contributed by atoms with Crippen LogP contribution in [0.1, 0.15) is 19.4 Å². The Kier molecular flexibility index (Phi) is 3.84. The van der Waals surface area contributed by atoms with Gasteiger partial charge in [-0.25, -0.2) is 9.69 Å². The number of carbonyl (C=O) groups is 2. The second-order valence-corrected chi connectivity index (χ2v) is 6.01. The highest BCUT2D eigenvalue weighted by Crippen LogP contribution is 2.22. The van der Waals surface area contributed by atoms with Gasteiger partial charge in [-0.3, -0.25) is 4.79 Å². The van der Waals surface area contributed by atoms with Crippen LogP contribution >= 0.6 is 0 Å². The number of ether oxygens (including phenoxy) is 1. The van der Waals surface area contributed by atoms with Crippen molar-refractivity contribution in [3.8, 4) is 0 Å². The van der Waals surface area contributed by atoms with E-state index in [0.29, 0.717) is 6.61 Å². The van der Waals surface area contributed by atoms with Crippen LogP contribution in [0.15, 0.2) is 42.5 Å². The van der Waals surface area contributed by atoms with Crippen molar-refractivity contribution in [2.75, 3.05) is 6.61 Å². The van der Waals surface area contributed by atoms with Crippen LogP contribution < -0.4 is 0 Å². The zero-order valence-corrected chi connectivity index (χ0v) is 12.8. The molecule has 0 spiro atoms. The molecule has 2 amide bonds. The van der Waals surface area contributed by atoms with Crippen molar-refractivity contribution in [1.29, 1.82) is 0 Å². The molecule has 1 aliphatic heterocycles. The maximum atomic E-state index is 12.5. The quantitative estimate of drug-likeness (QED) is 0.872. The molecule has 0 aromatic heterocycles. The Morgan fingerprint density at radius 3 is 2.68 bits per heavy atom. The average Bonchev–Trinajstić information content (AvgIpc) is 2.89. The minimum absolute atomic E-state index is 0.166. The fraction of sp³-hybridized carbons (Fsp3) is 0.333. The average molecular weight is 297 g/mol. The predicted molar refractivity (Wildman–Crippen MR) is 84.5 cm³/mol. The van der Waals surface area contributed by atoms with Crippen molar-refractivity contribution in [2.45, 2.75) is 26.3 Å². The maximum Gasteiger partial charge on any atom is 0.416 e. The number of hydrogen-bond donors (Lipinski definition) is 0. The van der Waals surface area contributed by atoms with Gasteiger partial charge in [-0.05, 0) is 22.3 Å². The molecule has 0 aliphatic carbocycles. The van der Waals surface area contributed by atoms with Crippen molar-refractivity contribution in [3.05, 3.63) is 48.0 Å². The monoisotopic (exact) mass is 297 g/mol. The van der Waals surface area contributed by atoms with Gasteiger partial charge < -0.3 is 4.74 Å². The number of hydrogen-bond acceptors (Lipinski definition) is 3. The van der Waals surface area contributed by atoms with Crippen molar-refractivity contribution < 1.29 is 14.3 Å². The number of nitrogens with zero attached hydrogens (tertiary/aromatic N) is 1. The summed E-state index contributed by atoms with van der Waals surface area (Å²) in [6.45, 7) is 4.27. The summed E-state index contributed by atoms with van der Waals surface area (Å²) in [6, 6.07) is 13.8. The molecule has 0 unspecified atom stereocenters. The van der Waals surface area contributed by atoms with E-state index in [0.717, 1.165) is 16.3 Å². The van der Waals surface area contributed by atoms with Crippen LogP contribution in [0.5, 0.6) is 0 Å². The number of benzene rings is 2. The minimum atomic E-state index is -0.524. The molecule has 2 aromatic rings. The molecule has 1 fully saturated rings. The maximum absolute atomic E-state index is 12.5. The first kappa shape index (κ1) is 14.6. The molecule has 1 atom stereocenters. The predicted octanol–water partition coefficient (Wildman–Crippen LogP) is 3.39. The van der Waals surface area contributed by atoms with E-state index >= 15 is 0 Å². The first-order valence-electron chi connectivity index (χ1n) is 7.53. The van der Waals surface area contributed by atoms with Crippen LogP contribution in [0, 0.1) is 5.92 Å². The highest BCUT2D eigenvalue weighted by molar-refractivity contribution is 5.95. The second kappa shape index (κ2) is 5.79. The van der Waals surface area contributed by atoms with Crippen molar-refractivity contribution in [2.24, 2.45) is 5.92 Å². The molecule has 1 saturated heterocycles. The lowest BCUT2D eigenvalue weighted by Crippen LogP contribution is -2.42. The van der Waals surface area contributed by atoms with Crippen LogP contribution in [0.25, 0.3) is 10.8 Å². The standard InChI is InChI=1S/C18H19NO3/c1-12(2)16-11-22-18(21)19(16)17(20)10-13-7-8-14-5-3-4-6-15(14)9-13/h3-9,12,16H,10-11H2,1-2H3/t16-/m1/s1. The first-order valence-corrected chi connectivity index (χ1v) is 7.53. The summed E-state index contributed by atoms with van der Waals surface area (Å²) in [4.78, 5) is 25.6. The zero-order valence-electron chi connectivity index (χ0n) is 12.8. The minimum Gasteiger partial charge on any atom is -0.447 e. The SMILES string of the molecule is CC(C)[C@H]1COC(=O)N1C(=O)Cc1ccc2ccccc2c1. The summed E-state index contributed by atoms with van der Waals surface area (Å²) in [6.07, 6.45) is -0.312. The second-order valence-electron chi connectivity index (χ2n) is 6.01. The van der Waals surface area contributed by atoms with Gasteiger partial charge in [0, 0.05) is 0 Å². The summed E-state index contributed by atoms with van der Waals surface area (Å²) < 4.78 is 5.03. The highest BCUT2D eigenvalue weighted by Gasteiger charge is 2.39. The summed E-state index contributed by atoms with van der Waals surface area (Å²) in [5, 5.41) is 2.23. The van der Waals surface area contributed by atoms with Crippen LogP contribution in [0.4, 0.5) is 4.79 Å². The van der Waals surface area contributed by atoms with E-state index in [9.17, 15) is 9.59 Å². The number of rotatable bonds is 3. The van der Waals surface area contributed by atoms with Crippen molar-refractivity contribution in [1.82, 2.24) is 4.90 Å². The van der Waals surface area contributed by atoms with Gasteiger partial charge in [0.15, 0.2) is 0 Å². The lowest BCUT2D eigenvalue weighted by molar-refractivity contribution is -0.129. The van der Waals surface area contributed by atoms with E-state index in [4.69, 9.17) is 4.74 Å². The van der Waals surface area contributed by atoms with E-state index in [1.165, 1.54) is 4.90 Å². The van der Waals surface area contributed by atoms with Gasteiger partial charge in [-0.2, -0.15) is 0 Å². The molecule has 1 heterocycles. The Hall–Kier alpha value is -2.36. The van der Waals surface area contributed by atoms with Gasteiger partial charge in [0.05, 0.1) is 12.5 Å². The smallest absolute Gasteiger partial charge is 0.416 e. The molecule has 114 valence electrons. The van der Waals surface area contributed by atoms with Crippen LogP contribution in [0.2, 0.25) is 0 Å². The summed E-state index contributed by atoms with van der Waals surface area (Å²) in [5.74, 6) is -0.0107. The summed E-state index contributed by atoms with van der Waals surface area (Å²) in [5.41, 5.74) is 0.908.